The van der Waals surface area contributed by atoms with Crippen molar-refractivity contribution in [1.29, 1.82) is 0 Å². The maximum Gasteiger partial charge on any atom is 0.261 e. The van der Waals surface area contributed by atoms with Gasteiger partial charge in [-0.05, 0) is 18.4 Å². The fourth-order valence-electron chi connectivity index (χ4n) is 3.25. The average molecular weight is 404 g/mol. The zero-order chi connectivity index (χ0) is 19.0. The highest BCUT2D eigenvalue weighted by Gasteiger charge is 2.27. The molecule has 0 aliphatic carbocycles. The lowest BCUT2D eigenvalue weighted by Gasteiger charge is -2.34. The molecule has 1 aliphatic heterocycles. The summed E-state index contributed by atoms with van der Waals surface area (Å²) in [4.78, 5) is 23.0. The SMILES string of the molecule is COc1nn(C)cc1C(=O)N1CCN(c2nc3c(SC)cccc3s2)CC1. The molecule has 0 radical (unpaired) electrons. The standard InChI is InChI=1S/C18H21N5O2S2/c1-21-11-12(16(20-21)25-2)17(24)22-7-9-23(10-8-22)18-19-15-13(26-3)5-4-6-14(15)27-18/h4-6,11H,7-10H2,1-3H3. The Hall–Kier alpha value is -2.26. The Kier molecular flexibility index (Phi) is 4.96. The van der Waals surface area contributed by atoms with E-state index in [1.54, 1.807) is 41.0 Å². The number of carbonyl (C=O) groups is 1. The summed E-state index contributed by atoms with van der Waals surface area (Å²) < 4.78 is 8.03. The number of hydrogen-bond acceptors (Lipinski definition) is 7. The lowest BCUT2D eigenvalue weighted by atomic mass is 10.2. The van der Waals surface area contributed by atoms with Crippen LogP contribution in [0.4, 0.5) is 5.13 Å². The minimum Gasteiger partial charge on any atom is -0.479 e. The van der Waals surface area contributed by atoms with Gasteiger partial charge in [0.1, 0.15) is 5.56 Å². The highest BCUT2D eigenvalue weighted by Crippen LogP contribution is 2.34. The number of ether oxygens (including phenoxy) is 1. The molecule has 0 unspecified atom stereocenters. The first-order valence-corrected chi connectivity index (χ1v) is 10.7. The number of fused-ring (bicyclic) bond motifs is 1. The summed E-state index contributed by atoms with van der Waals surface area (Å²) in [6.45, 7) is 2.84. The summed E-state index contributed by atoms with van der Waals surface area (Å²) in [6.07, 6.45) is 3.79. The third-order valence-electron chi connectivity index (χ3n) is 4.65. The van der Waals surface area contributed by atoms with Crippen molar-refractivity contribution in [2.75, 3.05) is 44.4 Å². The van der Waals surface area contributed by atoms with Crippen LogP contribution in [-0.4, -0.2) is 65.1 Å². The first-order valence-electron chi connectivity index (χ1n) is 8.66. The van der Waals surface area contributed by atoms with E-state index in [-0.39, 0.29) is 5.91 Å². The average Bonchev–Trinajstić information content (AvgIpc) is 3.30. The number of carbonyl (C=O) groups excluding carboxylic acids is 1. The molecule has 1 saturated heterocycles. The maximum atomic E-state index is 12.8. The highest BCUT2D eigenvalue weighted by atomic mass is 32.2. The van der Waals surface area contributed by atoms with Gasteiger partial charge in [-0.15, -0.1) is 16.9 Å². The van der Waals surface area contributed by atoms with Gasteiger partial charge in [-0.25, -0.2) is 4.98 Å². The Morgan fingerprint density at radius 1 is 1.26 bits per heavy atom. The number of aromatic nitrogens is 3. The quantitative estimate of drug-likeness (QED) is 0.624. The zero-order valence-corrected chi connectivity index (χ0v) is 17.1. The van der Waals surface area contributed by atoms with Crippen LogP contribution in [0.5, 0.6) is 5.88 Å². The molecule has 1 amide bonds. The molecular weight excluding hydrogens is 382 g/mol. The molecule has 0 N–H and O–H groups in total. The largest absolute Gasteiger partial charge is 0.479 e. The second-order valence-corrected chi connectivity index (χ2v) is 8.17. The molecule has 0 spiro atoms. The van der Waals surface area contributed by atoms with E-state index in [1.165, 1.54) is 16.7 Å². The molecule has 142 valence electrons. The number of para-hydroxylation sites is 1. The van der Waals surface area contributed by atoms with Crippen LogP contribution in [-0.2, 0) is 7.05 Å². The number of benzene rings is 1. The van der Waals surface area contributed by atoms with Gasteiger partial charge in [0.05, 0.1) is 17.3 Å². The Bertz CT molecular complexity index is 975. The van der Waals surface area contributed by atoms with Crippen molar-refractivity contribution in [1.82, 2.24) is 19.7 Å². The number of piperazine rings is 1. The van der Waals surface area contributed by atoms with Gasteiger partial charge in [-0.3, -0.25) is 9.48 Å². The fraction of sp³-hybridized carbons (Fsp3) is 0.389. The topological polar surface area (TPSA) is 63.5 Å². The molecule has 1 fully saturated rings. The van der Waals surface area contributed by atoms with Crippen molar-refractivity contribution in [3.8, 4) is 5.88 Å². The molecule has 0 bridgehead atoms. The zero-order valence-electron chi connectivity index (χ0n) is 15.5. The molecule has 4 rings (SSSR count). The van der Waals surface area contributed by atoms with Crippen LogP contribution >= 0.6 is 23.1 Å². The number of anilines is 1. The van der Waals surface area contributed by atoms with Crippen molar-refractivity contribution < 1.29 is 9.53 Å². The van der Waals surface area contributed by atoms with E-state index in [2.05, 4.69) is 34.5 Å². The first kappa shape index (κ1) is 18.1. The number of methoxy groups -OCH3 is 1. The summed E-state index contributed by atoms with van der Waals surface area (Å²) in [6, 6.07) is 6.30. The molecule has 0 saturated carbocycles. The van der Waals surface area contributed by atoms with Gasteiger partial charge in [0.2, 0.25) is 5.88 Å². The number of thioether (sulfide) groups is 1. The van der Waals surface area contributed by atoms with Crippen LogP contribution in [0.3, 0.4) is 0 Å². The van der Waals surface area contributed by atoms with Gasteiger partial charge < -0.3 is 14.5 Å². The lowest BCUT2D eigenvalue weighted by Crippen LogP contribution is -2.48. The molecule has 3 heterocycles. The van der Waals surface area contributed by atoms with Crippen LogP contribution in [0, 0.1) is 0 Å². The molecular formula is C18H21N5O2S2. The highest BCUT2D eigenvalue weighted by molar-refractivity contribution is 7.98. The number of aryl methyl sites for hydroxylation is 1. The number of amides is 1. The Morgan fingerprint density at radius 3 is 2.74 bits per heavy atom. The summed E-state index contributed by atoms with van der Waals surface area (Å²) in [7, 11) is 3.32. The molecule has 7 nitrogen and oxygen atoms in total. The van der Waals surface area contributed by atoms with Crippen molar-refractivity contribution in [2.24, 2.45) is 7.05 Å². The van der Waals surface area contributed by atoms with Crippen LogP contribution in [0.2, 0.25) is 0 Å². The monoisotopic (exact) mass is 403 g/mol. The fourth-order valence-corrected chi connectivity index (χ4v) is 4.92. The van der Waals surface area contributed by atoms with Crippen molar-refractivity contribution in [3.05, 3.63) is 30.0 Å². The minimum atomic E-state index is -0.0337. The van der Waals surface area contributed by atoms with E-state index < -0.39 is 0 Å². The van der Waals surface area contributed by atoms with Gasteiger partial charge in [0.25, 0.3) is 5.91 Å². The van der Waals surface area contributed by atoms with Crippen LogP contribution in [0.1, 0.15) is 10.4 Å². The van der Waals surface area contributed by atoms with Crippen LogP contribution in [0.25, 0.3) is 10.2 Å². The minimum absolute atomic E-state index is 0.0337. The van der Waals surface area contributed by atoms with E-state index in [4.69, 9.17) is 9.72 Å². The molecule has 2 aromatic heterocycles. The third kappa shape index (κ3) is 3.37. The van der Waals surface area contributed by atoms with Gasteiger partial charge in [-0.1, -0.05) is 17.4 Å². The lowest BCUT2D eigenvalue weighted by molar-refractivity contribution is 0.0743. The summed E-state index contributed by atoms with van der Waals surface area (Å²) in [5.41, 5.74) is 1.58. The molecule has 0 atom stereocenters. The summed E-state index contributed by atoms with van der Waals surface area (Å²) in [5.74, 6) is 0.342. The van der Waals surface area contributed by atoms with Crippen molar-refractivity contribution in [2.45, 2.75) is 4.90 Å². The van der Waals surface area contributed by atoms with Crippen molar-refractivity contribution >= 4 is 44.4 Å². The van der Waals surface area contributed by atoms with Gasteiger partial charge in [0.15, 0.2) is 5.13 Å². The second kappa shape index (κ2) is 7.40. The first-order chi connectivity index (χ1) is 13.1. The number of hydrogen-bond donors (Lipinski definition) is 0. The molecule has 1 aliphatic rings. The Balaban J connectivity index is 1.48. The van der Waals surface area contributed by atoms with Crippen molar-refractivity contribution in [3.63, 3.8) is 0 Å². The maximum absolute atomic E-state index is 12.8. The van der Waals surface area contributed by atoms with Gasteiger partial charge in [-0.2, -0.15) is 0 Å². The van der Waals surface area contributed by atoms with E-state index in [0.717, 1.165) is 23.7 Å². The molecule has 1 aromatic carbocycles. The third-order valence-corrected chi connectivity index (χ3v) is 6.50. The number of rotatable bonds is 4. The predicted molar refractivity (Wildman–Crippen MR) is 109 cm³/mol. The van der Waals surface area contributed by atoms with E-state index in [0.29, 0.717) is 24.5 Å². The van der Waals surface area contributed by atoms with E-state index in [1.807, 2.05) is 4.90 Å². The predicted octanol–water partition coefficient (Wildman–Crippen LogP) is 2.72. The second-order valence-electron chi connectivity index (χ2n) is 6.31. The van der Waals surface area contributed by atoms with Crippen LogP contribution < -0.4 is 9.64 Å². The number of thiazole rings is 1. The normalized spacial score (nSPS) is 14.8. The van der Waals surface area contributed by atoms with Gasteiger partial charge in [0, 0.05) is 44.3 Å². The van der Waals surface area contributed by atoms with Crippen LogP contribution in [0.15, 0.2) is 29.3 Å². The summed E-state index contributed by atoms with van der Waals surface area (Å²) in [5, 5.41) is 5.20. The summed E-state index contributed by atoms with van der Waals surface area (Å²) >= 11 is 3.43. The smallest absolute Gasteiger partial charge is 0.261 e. The van der Waals surface area contributed by atoms with Gasteiger partial charge >= 0.3 is 0 Å². The Morgan fingerprint density at radius 2 is 2.04 bits per heavy atom. The molecule has 9 heteroatoms. The van der Waals surface area contributed by atoms with E-state index >= 15 is 0 Å². The molecule has 3 aromatic rings. The van der Waals surface area contributed by atoms with E-state index in [9.17, 15) is 4.79 Å². The Labute approximate surface area is 165 Å². The number of nitrogens with zero attached hydrogens (tertiary/aromatic N) is 5. The molecule has 27 heavy (non-hydrogen) atoms.